The first-order valence-electron chi connectivity index (χ1n) is 9.03. The molecule has 0 heterocycles. The van der Waals surface area contributed by atoms with E-state index in [0.717, 1.165) is 16.7 Å². The molecule has 0 saturated heterocycles. The standard InChI is InChI=1S/C22H28N2O2/c1-14(2)20(24-21(25)19-13-9-7-11-16(19)4)22(26)23-17(5)18-12-8-6-10-15(18)3/h6-14,17,20H,1-5H3,(H,23,26)(H,24,25). The topological polar surface area (TPSA) is 58.2 Å². The molecule has 0 aromatic heterocycles. The normalized spacial score (nSPS) is 13.2. The maximum absolute atomic E-state index is 12.8. The number of carbonyl (C=O) groups is 2. The Morgan fingerprint density at radius 1 is 0.808 bits per heavy atom. The lowest BCUT2D eigenvalue weighted by Crippen LogP contribution is -2.50. The molecule has 0 aliphatic carbocycles. The molecule has 2 unspecified atom stereocenters. The van der Waals surface area contributed by atoms with Crippen molar-refractivity contribution in [1.82, 2.24) is 10.6 Å². The van der Waals surface area contributed by atoms with Crippen molar-refractivity contribution < 1.29 is 9.59 Å². The van der Waals surface area contributed by atoms with Crippen LogP contribution >= 0.6 is 0 Å². The van der Waals surface area contributed by atoms with Crippen LogP contribution in [0.25, 0.3) is 0 Å². The van der Waals surface area contributed by atoms with E-state index < -0.39 is 6.04 Å². The quantitative estimate of drug-likeness (QED) is 0.827. The predicted molar refractivity (Wildman–Crippen MR) is 105 cm³/mol. The van der Waals surface area contributed by atoms with E-state index in [2.05, 4.69) is 10.6 Å². The first-order chi connectivity index (χ1) is 12.3. The number of nitrogens with one attached hydrogen (secondary N) is 2. The number of carbonyl (C=O) groups excluding carboxylic acids is 2. The van der Waals surface area contributed by atoms with Crippen LogP contribution in [0, 0.1) is 19.8 Å². The van der Waals surface area contributed by atoms with Gasteiger partial charge in [0.05, 0.1) is 6.04 Å². The van der Waals surface area contributed by atoms with Gasteiger partial charge in [-0.3, -0.25) is 9.59 Å². The highest BCUT2D eigenvalue weighted by Gasteiger charge is 2.26. The van der Waals surface area contributed by atoms with E-state index in [9.17, 15) is 9.59 Å². The van der Waals surface area contributed by atoms with Gasteiger partial charge in [-0.2, -0.15) is 0 Å². The van der Waals surface area contributed by atoms with Gasteiger partial charge in [0, 0.05) is 5.56 Å². The first-order valence-corrected chi connectivity index (χ1v) is 9.03. The van der Waals surface area contributed by atoms with Crippen LogP contribution in [0.1, 0.15) is 53.9 Å². The molecule has 138 valence electrons. The van der Waals surface area contributed by atoms with Crippen LogP contribution in [0.5, 0.6) is 0 Å². The summed E-state index contributed by atoms with van der Waals surface area (Å²) in [5, 5.41) is 5.93. The molecular formula is C22H28N2O2. The lowest BCUT2D eigenvalue weighted by molar-refractivity contribution is -0.124. The Bertz CT molecular complexity index is 783. The van der Waals surface area contributed by atoms with Crippen molar-refractivity contribution in [2.24, 2.45) is 5.92 Å². The number of hydrogen-bond acceptors (Lipinski definition) is 2. The molecule has 2 aromatic rings. The average Bonchev–Trinajstić information content (AvgIpc) is 2.59. The fourth-order valence-corrected chi connectivity index (χ4v) is 3.04. The summed E-state index contributed by atoms with van der Waals surface area (Å²) < 4.78 is 0. The Kier molecular flexibility index (Phi) is 6.56. The van der Waals surface area contributed by atoms with E-state index in [4.69, 9.17) is 0 Å². The molecule has 2 rings (SSSR count). The van der Waals surface area contributed by atoms with Gasteiger partial charge in [0.25, 0.3) is 5.91 Å². The third-order valence-electron chi connectivity index (χ3n) is 4.64. The summed E-state index contributed by atoms with van der Waals surface area (Å²) >= 11 is 0. The van der Waals surface area contributed by atoms with Gasteiger partial charge in [0.15, 0.2) is 0 Å². The minimum absolute atomic E-state index is 0.0213. The van der Waals surface area contributed by atoms with Crippen molar-refractivity contribution in [2.75, 3.05) is 0 Å². The van der Waals surface area contributed by atoms with Crippen molar-refractivity contribution in [1.29, 1.82) is 0 Å². The second-order valence-corrected chi connectivity index (χ2v) is 7.10. The third-order valence-corrected chi connectivity index (χ3v) is 4.64. The number of aryl methyl sites for hydroxylation is 2. The lowest BCUT2D eigenvalue weighted by atomic mass is 9.99. The van der Waals surface area contributed by atoms with Crippen molar-refractivity contribution in [3.05, 3.63) is 70.8 Å². The second kappa shape index (κ2) is 8.65. The number of benzene rings is 2. The SMILES string of the molecule is Cc1ccccc1C(=O)NC(C(=O)NC(C)c1ccccc1C)C(C)C. The molecule has 0 saturated carbocycles. The molecular weight excluding hydrogens is 324 g/mol. The Morgan fingerprint density at radius 3 is 1.96 bits per heavy atom. The Morgan fingerprint density at radius 2 is 1.38 bits per heavy atom. The van der Waals surface area contributed by atoms with Gasteiger partial charge in [-0.1, -0.05) is 56.3 Å². The highest BCUT2D eigenvalue weighted by molar-refractivity contribution is 5.98. The largest absolute Gasteiger partial charge is 0.348 e. The molecule has 2 N–H and O–H groups in total. The maximum Gasteiger partial charge on any atom is 0.252 e. The lowest BCUT2D eigenvalue weighted by Gasteiger charge is -2.25. The van der Waals surface area contributed by atoms with Crippen molar-refractivity contribution in [2.45, 2.75) is 46.7 Å². The molecule has 0 spiro atoms. The van der Waals surface area contributed by atoms with Crippen LogP contribution in [0.4, 0.5) is 0 Å². The Hall–Kier alpha value is -2.62. The Labute approximate surface area is 156 Å². The van der Waals surface area contributed by atoms with Gasteiger partial charge in [0.2, 0.25) is 5.91 Å². The van der Waals surface area contributed by atoms with Crippen LogP contribution in [-0.2, 0) is 4.79 Å². The van der Waals surface area contributed by atoms with Gasteiger partial charge in [-0.25, -0.2) is 0 Å². The fraction of sp³-hybridized carbons (Fsp3) is 0.364. The van der Waals surface area contributed by atoms with Crippen LogP contribution in [0.2, 0.25) is 0 Å². The van der Waals surface area contributed by atoms with Crippen molar-refractivity contribution >= 4 is 11.8 Å². The fourth-order valence-electron chi connectivity index (χ4n) is 3.04. The van der Waals surface area contributed by atoms with Gasteiger partial charge in [0.1, 0.15) is 6.04 Å². The highest BCUT2D eigenvalue weighted by Crippen LogP contribution is 2.17. The molecule has 4 nitrogen and oxygen atoms in total. The predicted octanol–water partition coefficient (Wildman–Crippen LogP) is 3.94. The van der Waals surface area contributed by atoms with Crippen LogP contribution in [0.3, 0.4) is 0 Å². The van der Waals surface area contributed by atoms with Crippen LogP contribution in [0.15, 0.2) is 48.5 Å². The smallest absolute Gasteiger partial charge is 0.252 e. The minimum Gasteiger partial charge on any atom is -0.348 e. The van der Waals surface area contributed by atoms with E-state index in [1.807, 2.05) is 77.1 Å². The van der Waals surface area contributed by atoms with Crippen molar-refractivity contribution in [3.8, 4) is 0 Å². The maximum atomic E-state index is 12.8. The zero-order valence-corrected chi connectivity index (χ0v) is 16.2. The number of hydrogen-bond donors (Lipinski definition) is 2. The van der Waals surface area contributed by atoms with Gasteiger partial charge < -0.3 is 10.6 Å². The summed E-state index contributed by atoms with van der Waals surface area (Å²) in [4.78, 5) is 25.4. The van der Waals surface area contributed by atoms with E-state index in [-0.39, 0.29) is 23.8 Å². The van der Waals surface area contributed by atoms with Crippen LogP contribution < -0.4 is 10.6 Å². The molecule has 0 bridgehead atoms. The summed E-state index contributed by atoms with van der Waals surface area (Å²) in [6.45, 7) is 9.74. The molecule has 26 heavy (non-hydrogen) atoms. The zero-order valence-electron chi connectivity index (χ0n) is 16.2. The minimum atomic E-state index is -0.589. The second-order valence-electron chi connectivity index (χ2n) is 7.10. The molecule has 2 amide bonds. The van der Waals surface area contributed by atoms with E-state index >= 15 is 0 Å². The van der Waals surface area contributed by atoms with E-state index in [1.54, 1.807) is 6.07 Å². The zero-order chi connectivity index (χ0) is 19.3. The molecule has 0 aliphatic rings. The number of rotatable bonds is 6. The molecule has 0 radical (unpaired) electrons. The Balaban J connectivity index is 2.11. The molecule has 0 fully saturated rings. The molecule has 0 aliphatic heterocycles. The molecule has 2 atom stereocenters. The molecule has 4 heteroatoms. The monoisotopic (exact) mass is 352 g/mol. The van der Waals surface area contributed by atoms with Gasteiger partial charge in [-0.15, -0.1) is 0 Å². The summed E-state index contributed by atoms with van der Waals surface area (Å²) in [5.41, 5.74) is 3.69. The summed E-state index contributed by atoms with van der Waals surface area (Å²) in [6, 6.07) is 14.6. The van der Waals surface area contributed by atoms with Gasteiger partial charge >= 0.3 is 0 Å². The number of amides is 2. The highest BCUT2D eigenvalue weighted by atomic mass is 16.2. The third kappa shape index (κ3) is 4.72. The summed E-state index contributed by atoms with van der Waals surface area (Å²) in [5.74, 6) is -0.412. The first kappa shape index (κ1) is 19.7. The summed E-state index contributed by atoms with van der Waals surface area (Å²) in [6.07, 6.45) is 0. The van der Waals surface area contributed by atoms with Crippen molar-refractivity contribution in [3.63, 3.8) is 0 Å². The van der Waals surface area contributed by atoms with E-state index in [1.165, 1.54) is 0 Å². The average molecular weight is 352 g/mol. The molecule has 2 aromatic carbocycles. The van der Waals surface area contributed by atoms with Gasteiger partial charge in [-0.05, 0) is 49.4 Å². The van der Waals surface area contributed by atoms with E-state index in [0.29, 0.717) is 5.56 Å². The van der Waals surface area contributed by atoms with Crippen LogP contribution in [-0.4, -0.2) is 17.9 Å². The summed E-state index contributed by atoms with van der Waals surface area (Å²) in [7, 11) is 0.